The van der Waals surface area contributed by atoms with E-state index in [9.17, 15) is 0 Å². The van der Waals surface area contributed by atoms with E-state index in [0.717, 1.165) is 30.7 Å². The molecule has 32 heavy (non-hydrogen) atoms. The summed E-state index contributed by atoms with van der Waals surface area (Å²) in [6.07, 6.45) is 4.87. The number of benzene rings is 2. The molecule has 0 fully saturated rings. The van der Waals surface area contributed by atoms with E-state index in [-0.39, 0.29) is 5.41 Å². The van der Waals surface area contributed by atoms with Crippen molar-refractivity contribution >= 4 is 0 Å². The molecule has 4 atom stereocenters. The molecule has 4 unspecified atom stereocenters. The Morgan fingerprint density at radius 1 is 0.719 bits per heavy atom. The Bertz CT molecular complexity index is 710. The Hall–Kier alpha value is -1.60. The zero-order valence-electron chi connectivity index (χ0n) is 22.5. The minimum atomic E-state index is 0.247. The molecule has 0 aromatic heterocycles. The van der Waals surface area contributed by atoms with E-state index < -0.39 is 0 Å². The summed E-state index contributed by atoms with van der Waals surface area (Å²) < 4.78 is 0. The number of nitrogens with one attached hydrogen (secondary N) is 1. The maximum Gasteiger partial charge on any atom is 0.0317 e. The van der Waals surface area contributed by atoms with Crippen molar-refractivity contribution in [2.75, 3.05) is 6.54 Å². The van der Waals surface area contributed by atoms with E-state index in [2.05, 4.69) is 122 Å². The van der Waals surface area contributed by atoms with Crippen LogP contribution in [0.5, 0.6) is 0 Å². The maximum absolute atomic E-state index is 3.59. The molecule has 0 saturated carbocycles. The fourth-order valence-electron chi connectivity index (χ4n) is 4.41. The third-order valence-corrected chi connectivity index (χ3v) is 7.07. The lowest BCUT2D eigenvalue weighted by Crippen LogP contribution is -2.21. The number of hydrogen-bond donors (Lipinski definition) is 1. The molecular formula is C31H51N. The monoisotopic (exact) mass is 437 g/mol. The average molecular weight is 438 g/mol. The molecule has 2 rings (SSSR count). The topological polar surface area (TPSA) is 12.0 Å². The second kappa shape index (κ2) is 14.5. The third kappa shape index (κ3) is 9.10. The molecule has 0 saturated heterocycles. The zero-order valence-corrected chi connectivity index (χ0v) is 22.5. The minimum absolute atomic E-state index is 0.247. The summed E-state index contributed by atoms with van der Waals surface area (Å²) in [5, 5.41) is 3.59. The Morgan fingerprint density at radius 2 is 1.31 bits per heavy atom. The lowest BCUT2D eigenvalue weighted by atomic mass is 9.77. The van der Waals surface area contributed by atoms with Gasteiger partial charge in [0.25, 0.3) is 0 Å². The molecule has 0 aliphatic rings. The average Bonchev–Trinajstić information content (AvgIpc) is 2.80. The van der Waals surface area contributed by atoms with E-state index in [1.807, 2.05) is 0 Å². The van der Waals surface area contributed by atoms with Gasteiger partial charge in [-0.2, -0.15) is 0 Å². The van der Waals surface area contributed by atoms with Crippen LogP contribution in [0.25, 0.3) is 0 Å². The zero-order chi connectivity index (χ0) is 24.1. The molecule has 1 N–H and O–H groups in total. The standard InChI is InChI=1S/C16H27N.C15H24/c1-6-12-17-15(7-2)13-8-10-14(11-9-13)16(3,4)5;1-5-12(3)13(4)15(6-2)14-10-8-7-9-11-14/h8-11,15,17H,6-7,12H2,1-5H3;7-13,15H,5-6H2,1-4H3. The van der Waals surface area contributed by atoms with Gasteiger partial charge in [-0.05, 0) is 65.7 Å². The molecule has 180 valence electrons. The number of rotatable bonds is 10. The molecule has 0 radical (unpaired) electrons. The van der Waals surface area contributed by atoms with Gasteiger partial charge in [0, 0.05) is 6.04 Å². The Balaban J connectivity index is 0.000000323. The van der Waals surface area contributed by atoms with Crippen LogP contribution in [0, 0.1) is 11.8 Å². The molecule has 0 bridgehead atoms. The Morgan fingerprint density at radius 3 is 1.75 bits per heavy atom. The van der Waals surface area contributed by atoms with Gasteiger partial charge in [-0.1, -0.05) is 123 Å². The summed E-state index contributed by atoms with van der Waals surface area (Å²) in [6, 6.07) is 20.5. The molecule has 0 aliphatic heterocycles. The third-order valence-electron chi connectivity index (χ3n) is 7.07. The summed E-state index contributed by atoms with van der Waals surface area (Å²) >= 11 is 0. The quantitative estimate of drug-likeness (QED) is 0.390. The molecule has 2 aromatic carbocycles. The predicted octanol–water partition coefficient (Wildman–Crippen LogP) is 9.30. The maximum atomic E-state index is 3.59. The van der Waals surface area contributed by atoms with Gasteiger partial charge < -0.3 is 5.32 Å². The van der Waals surface area contributed by atoms with Crippen molar-refractivity contribution in [3.63, 3.8) is 0 Å². The number of hydrogen-bond acceptors (Lipinski definition) is 1. The van der Waals surface area contributed by atoms with Crippen molar-refractivity contribution in [1.29, 1.82) is 0 Å². The highest BCUT2D eigenvalue weighted by molar-refractivity contribution is 5.29. The molecular weight excluding hydrogens is 386 g/mol. The summed E-state index contributed by atoms with van der Waals surface area (Å²) in [4.78, 5) is 0. The summed E-state index contributed by atoms with van der Waals surface area (Å²) in [5.74, 6) is 2.32. The first-order valence-corrected chi connectivity index (χ1v) is 13.1. The van der Waals surface area contributed by atoms with Crippen molar-refractivity contribution in [2.45, 2.75) is 105 Å². The van der Waals surface area contributed by atoms with Crippen molar-refractivity contribution < 1.29 is 0 Å². The Labute approximate surface area is 200 Å². The minimum Gasteiger partial charge on any atom is -0.310 e. The second-order valence-electron chi connectivity index (χ2n) is 10.5. The molecule has 1 nitrogen and oxygen atoms in total. The van der Waals surface area contributed by atoms with Gasteiger partial charge in [0.2, 0.25) is 0 Å². The first-order valence-electron chi connectivity index (χ1n) is 13.1. The van der Waals surface area contributed by atoms with Crippen molar-refractivity contribution in [2.24, 2.45) is 11.8 Å². The molecule has 0 aliphatic carbocycles. The van der Waals surface area contributed by atoms with E-state index in [4.69, 9.17) is 0 Å². The van der Waals surface area contributed by atoms with Crippen molar-refractivity contribution in [1.82, 2.24) is 5.32 Å². The van der Waals surface area contributed by atoms with Crippen LogP contribution in [-0.4, -0.2) is 6.54 Å². The van der Waals surface area contributed by atoms with Gasteiger partial charge in [-0.3, -0.25) is 0 Å². The van der Waals surface area contributed by atoms with Crippen LogP contribution < -0.4 is 5.32 Å². The van der Waals surface area contributed by atoms with E-state index in [0.29, 0.717) is 6.04 Å². The van der Waals surface area contributed by atoms with Crippen LogP contribution in [0.15, 0.2) is 54.6 Å². The lowest BCUT2D eigenvalue weighted by Gasteiger charge is -2.28. The highest BCUT2D eigenvalue weighted by Gasteiger charge is 2.21. The van der Waals surface area contributed by atoms with Crippen molar-refractivity contribution in [3.8, 4) is 0 Å². The van der Waals surface area contributed by atoms with Crippen LogP contribution in [-0.2, 0) is 5.41 Å². The SMILES string of the molecule is CCC(C)C(C)C(CC)c1ccccc1.CCCNC(CC)c1ccc(C(C)(C)C)cc1. The first-order chi connectivity index (χ1) is 15.2. The first kappa shape index (κ1) is 28.4. The lowest BCUT2D eigenvalue weighted by molar-refractivity contribution is 0.311. The highest BCUT2D eigenvalue weighted by atomic mass is 14.9. The Kier molecular flexibility index (Phi) is 12.9. The van der Waals surface area contributed by atoms with Gasteiger partial charge in [0.15, 0.2) is 0 Å². The summed E-state index contributed by atoms with van der Waals surface area (Å²) in [5.41, 5.74) is 4.57. The normalized spacial score (nSPS) is 15.3. The van der Waals surface area contributed by atoms with Crippen LogP contribution >= 0.6 is 0 Å². The molecule has 0 amide bonds. The van der Waals surface area contributed by atoms with Gasteiger partial charge in [-0.25, -0.2) is 0 Å². The van der Waals surface area contributed by atoms with E-state index in [1.54, 1.807) is 0 Å². The highest BCUT2D eigenvalue weighted by Crippen LogP contribution is 2.33. The molecule has 1 heteroatoms. The fraction of sp³-hybridized carbons (Fsp3) is 0.613. The van der Waals surface area contributed by atoms with Crippen LogP contribution in [0.2, 0.25) is 0 Å². The largest absolute Gasteiger partial charge is 0.310 e. The summed E-state index contributed by atoms with van der Waals surface area (Å²) in [7, 11) is 0. The van der Waals surface area contributed by atoms with Gasteiger partial charge in [-0.15, -0.1) is 0 Å². The van der Waals surface area contributed by atoms with Gasteiger partial charge in [0.05, 0.1) is 0 Å². The molecule has 0 spiro atoms. The van der Waals surface area contributed by atoms with Crippen LogP contribution in [0.3, 0.4) is 0 Å². The van der Waals surface area contributed by atoms with E-state index in [1.165, 1.54) is 36.0 Å². The second-order valence-corrected chi connectivity index (χ2v) is 10.5. The summed E-state index contributed by atoms with van der Waals surface area (Å²) in [6.45, 7) is 21.7. The fourth-order valence-corrected chi connectivity index (χ4v) is 4.41. The van der Waals surface area contributed by atoms with Gasteiger partial charge >= 0.3 is 0 Å². The van der Waals surface area contributed by atoms with Crippen LogP contribution in [0.4, 0.5) is 0 Å². The van der Waals surface area contributed by atoms with Gasteiger partial charge in [0.1, 0.15) is 0 Å². The molecule has 0 heterocycles. The smallest absolute Gasteiger partial charge is 0.0317 e. The molecule has 2 aromatic rings. The van der Waals surface area contributed by atoms with E-state index >= 15 is 0 Å². The van der Waals surface area contributed by atoms with Crippen LogP contribution in [0.1, 0.15) is 117 Å². The van der Waals surface area contributed by atoms with Crippen molar-refractivity contribution in [3.05, 3.63) is 71.3 Å². The predicted molar refractivity (Wildman–Crippen MR) is 145 cm³/mol.